The van der Waals surface area contributed by atoms with Gasteiger partial charge < -0.3 is 5.32 Å². The highest BCUT2D eigenvalue weighted by Gasteiger charge is 2.13. The highest BCUT2D eigenvalue weighted by Crippen LogP contribution is 2.26. The molecule has 1 aromatic heterocycles. The lowest BCUT2D eigenvalue weighted by molar-refractivity contribution is -0.384. The SMILES string of the molecule is Cc1c(I)cnn1CCC(=O)Nc1cc([N+](=O)[O-])ccc1Cl. The van der Waals surface area contributed by atoms with E-state index in [1.165, 1.54) is 18.2 Å². The van der Waals surface area contributed by atoms with Gasteiger partial charge in [0.25, 0.3) is 5.69 Å². The number of hydrogen-bond donors (Lipinski definition) is 1. The minimum Gasteiger partial charge on any atom is -0.325 e. The predicted octanol–water partition coefficient (Wildman–Crippen LogP) is 3.39. The van der Waals surface area contributed by atoms with Crippen molar-refractivity contribution in [3.63, 3.8) is 0 Å². The van der Waals surface area contributed by atoms with Gasteiger partial charge in [0.1, 0.15) is 0 Å². The Morgan fingerprint density at radius 1 is 1.55 bits per heavy atom. The molecule has 0 bridgehead atoms. The zero-order valence-electron chi connectivity index (χ0n) is 11.5. The summed E-state index contributed by atoms with van der Waals surface area (Å²) in [6.45, 7) is 2.34. The highest BCUT2D eigenvalue weighted by atomic mass is 127. The first-order chi connectivity index (χ1) is 10.4. The van der Waals surface area contributed by atoms with Crippen molar-refractivity contribution in [1.29, 1.82) is 0 Å². The van der Waals surface area contributed by atoms with Crippen molar-refractivity contribution >= 4 is 51.5 Å². The van der Waals surface area contributed by atoms with Crippen molar-refractivity contribution in [1.82, 2.24) is 9.78 Å². The van der Waals surface area contributed by atoms with Gasteiger partial charge in [0, 0.05) is 24.2 Å². The van der Waals surface area contributed by atoms with Crippen LogP contribution in [-0.2, 0) is 11.3 Å². The first-order valence-corrected chi connectivity index (χ1v) is 7.76. The molecule has 0 saturated heterocycles. The van der Waals surface area contributed by atoms with E-state index in [-0.39, 0.29) is 28.7 Å². The number of carbonyl (C=O) groups is 1. The number of anilines is 1. The first kappa shape index (κ1) is 16.7. The van der Waals surface area contributed by atoms with Crippen LogP contribution in [0.4, 0.5) is 11.4 Å². The van der Waals surface area contributed by atoms with Crippen molar-refractivity contribution in [2.75, 3.05) is 5.32 Å². The second-order valence-electron chi connectivity index (χ2n) is 4.52. The molecule has 0 fully saturated rings. The fraction of sp³-hybridized carbons (Fsp3) is 0.231. The van der Waals surface area contributed by atoms with Crippen molar-refractivity contribution < 1.29 is 9.72 Å². The Morgan fingerprint density at radius 3 is 2.86 bits per heavy atom. The molecular formula is C13H12ClIN4O3. The van der Waals surface area contributed by atoms with Crippen LogP contribution in [0.5, 0.6) is 0 Å². The average molecular weight is 435 g/mol. The summed E-state index contributed by atoms with van der Waals surface area (Å²) in [6, 6.07) is 3.91. The van der Waals surface area contributed by atoms with Crippen molar-refractivity contribution in [2.24, 2.45) is 0 Å². The van der Waals surface area contributed by atoms with E-state index >= 15 is 0 Å². The number of nitrogens with zero attached hydrogens (tertiary/aromatic N) is 3. The minimum atomic E-state index is -0.541. The lowest BCUT2D eigenvalue weighted by atomic mass is 10.2. The number of nitro groups is 1. The van der Waals surface area contributed by atoms with Crippen molar-refractivity contribution in [3.8, 4) is 0 Å². The number of amides is 1. The molecule has 9 heteroatoms. The largest absolute Gasteiger partial charge is 0.325 e. The number of nitro benzene ring substituents is 1. The lowest BCUT2D eigenvalue weighted by Crippen LogP contribution is -2.16. The molecular weight excluding hydrogens is 423 g/mol. The summed E-state index contributed by atoms with van der Waals surface area (Å²) in [5, 5.41) is 17.7. The Morgan fingerprint density at radius 2 is 2.27 bits per heavy atom. The Hall–Kier alpha value is -1.68. The number of carbonyl (C=O) groups excluding carboxylic acids is 1. The fourth-order valence-corrected chi connectivity index (χ4v) is 2.36. The Bertz CT molecular complexity index is 732. The van der Waals surface area contributed by atoms with Crippen LogP contribution in [0.3, 0.4) is 0 Å². The summed E-state index contributed by atoms with van der Waals surface area (Å²) >= 11 is 8.10. The zero-order valence-corrected chi connectivity index (χ0v) is 14.5. The third-order valence-corrected chi connectivity index (χ3v) is 4.42. The van der Waals surface area contributed by atoms with Crippen LogP contribution >= 0.6 is 34.2 Å². The topological polar surface area (TPSA) is 90.1 Å². The summed E-state index contributed by atoms with van der Waals surface area (Å²) < 4.78 is 2.76. The quantitative estimate of drug-likeness (QED) is 0.444. The van der Waals surface area contributed by atoms with Crippen LogP contribution in [0.1, 0.15) is 12.1 Å². The third kappa shape index (κ3) is 3.95. The van der Waals surface area contributed by atoms with E-state index in [9.17, 15) is 14.9 Å². The molecule has 2 aromatic rings. The number of rotatable bonds is 5. The molecule has 0 atom stereocenters. The molecule has 0 saturated carbocycles. The van der Waals surface area contributed by atoms with Gasteiger partial charge in [-0.1, -0.05) is 11.6 Å². The first-order valence-electron chi connectivity index (χ1n) is 6.30. The van der Waals surface area contributed by atoms with Crippen molar-refractivity contribution in [2.45, 2.75) is 19.9 Å². The van der Waals surface area contributed by atoms with Gasteiger partial charge in [0.15, 0.2) is 0 Å². The number of aromatic nitrogens is 2. The molecule has 116 valence electrons. The predicted molar refractivity (Wildman–Crippen MR) is 91.0 cm³/mol. The fourth-order valence-electron chi connectivity index (χ4n) is 1.79. The molecule has 2 rings (SSSR count). The molecule has 1 N–H and O–H groups in total. The van der Waals surface area contributed by atoms with E-state index in [2.05, 4.69) is 33.0 Å². The monoisotopic (exact) mass is 434 g/mol. The van der Waals surface area contributed by atoms with Crippen LogP contribution < -0.4 is 5.32 Å². The molecule has 0 aliphatic rings. The molecule has 7 nitrogen and oxygen atoms in total. The summed E-state index contributed by atoms with van der Waals surface area (Å²) in [4.78, 5) is 22.2. The van der Waals surface area contributed by atoms with E-state index in [4.69, 9.17) is 11.6 Å². The van der Waals surface area contributed by atoms with Crippen LogP contribution in [0.15, 0.2) is 24.4 Å². The molecule has 0 spiro atoms. The molecule has 0 radical (unpaired) electrons. The second kappa shape index (κ2) is 7.05. The van der Waals surface area contributed by atoms with Gasteiger partial charge >= 0.3 is 0 Å². The summed E-state index contributed by atoms with van der Waals surface area (Å²) in [6.07, 6.45) is 1.92. The van der Waals surface area contributed by atoms with E-state index < -0.39 is 4.92 Å². The van der Waals surface area contributed by atoms with Gasteiger partial charge in [-0.3, -0.25) is 19.6 Å². The minimum absolute atomic E-state index is 0.128. The maximum atomic E-state index is 12.0. The third-order valence-electron chi connectivity index (χ3n) is 3.03. The summed E-state index contributed by atoms with van der Waals surface area (Å²) in [5.74, 6) is -0.285. The van der Waals surface area contributed by atoms with Crippen molar-refractivity contribution in [3.05, 3.63) is 48.8 Å². The molecule has 1 aromatic carbocycles. The van der Waals surface area contributed by atoms with E-state index in [0.29, 0.717) is 6.54 Å². The van der Waals surface area contributed by atoms with E-state index in [1.54, 1.807) is 10.9 Å². The number of benzene rings is 1. The normalized spacial score (nSPS) is 10.5. The molecule has 1 amide bonds. The van der Waals surface area contributed by atoms with Crippen LogP contribution in [-0.4, -0.2) is 20.6 Å². The Labute approximate surface area is 144 Å². The molecule has 0 unspecified atom stereocenters. The van der Waals surface area contributed by atoms with E-state index in [1.807, 2.05) is 6.92 Å². The van der Waals surface area contributed by atoms with Crippen LogP contribution in [0.2, 0.25) is 5.02 Å². The lowest BCUT2D eigenvalue weighted by Gasteiger charge is -2.08. The van der Waals surface area contributed by atoms with Gasteiger partial charge in [-0.25, -0.2) is 0 Å². The standard InChI is InChI=1S/C13H12ClIN4O3/c1-8-11(15)7-16-18(8)5-4-13(20)17-12-6-9(19(21)22)2-3-10(12)14/h2-3,6-7H,4-5H2,1H3,(H,17,20). The average Bonchev–Trinajstić information content (AvgIpc) is 2.78. The molecule has 0 aliphatic carbocycles. The van der Waals surface area contributed by atoms with E-state index in [0.717, 1.165) is 9.26 Å². The van der Waals surface area contributed by atoms with Crippen LogP contribution in [0.25, 0.3) is 0 Å². The zero-order chi connectivity index (χ0) is 16.3. The molecule has 22 heavy (non-hydrogen) atoms. The van der Waals surface area contributed by atoms with Gasteiger partial charge in [-0.2, -0.15) is 5.10 Å². The Kier molecular flexibility index (Phi) is 5.35. The number of aryl methyl sites for hydroxylation is 1. The van der Waals surface area contributed by atoms with Gasteiger partial charge in [-0.05, 0) is 35.6 Å². The number of hydrogen-bond acceptors (Lipinski definition) is 4. The Balaban J connectivity index is 2.01. The highest BCUT2D eigenvalue weighted by molar-refractivity contribution is 14.1. The number of non-ortho nitro benzene ring substituents is 1. The number of halogens is 2. The summed E-state index contributed by atoms with van der Waals surface area (Å²) in [5.41, 5.74) is 1.09. The van der Waals surface area contributed by atoms with Gasteiger partial charge in [0.2, 0.25) is 5.91 Å². The van der Waals surface area contributed by atoms with Gasteiger partial charge in [-0.15, -0.1) is 0 Å². The van der Waals surface area contributed by atoms with Crippen LogP contribution in [0, 0.1) is 20.6 Å². The maximum Gasteiger partial charge on any atom is 0.271 e. The number of nitrogens with one attached hydrogen (secondary N) is 1. The second-order valence-corrected chi connectivity index (χ2v) is 6.09. The maximum absolute atomic E-state index is 12.0. The molecule has 0 aliphatic heterocycles. The molecule has 1 heterocycles. The van der Waals surface area contributed by atoms with Gasteiger partial charge in [0.05, 0.1) is 31.9 Å². The smallest absolute Gasteiger partial charge is 0.271 e. The summed E-state index contributed by atoms with van der Waals surface area (Å²) in [7, 11) is 0.